The molecular weight excluding hydrogens is 209 g/mol. The van der Waals surface area contributed by atoms with Gasteiger partial charge >= 0.3 is 6.36 Å². The summed E-state index contributed by atoms with van der Waals surface area (Å²) in [4.78, 5) is 0. The Morgan fingerprint density at radius 3 is 2.47 bits per heavy atom. The summed E-state index contributed by atoms with van der Waals surface area (Å²) < 4.78 is 44.2. The van der Waals surface area contributed by atoms with Gasteiger partial charge in [-0.05, 0) is 24.3 Å². The lowest BCUT2D eigenvalue weighted by Crippen LogP contribution is -2.17. The first kappa shape index (κ1) is 11.4. The van der Waals surface area contributed by atoms with Gasteiger partial charge in [-0.3, -0.25) is 0 Å². The summed E-state index contributed by atoms with van der Waals surface area (Å²) in [6, 6.07) is 3.67. The van der Waals surface area contributed by atoms with Crippen LogP contribution in [0.25, 0.3) is 0 Å². The molecule has 5 heteroatoms. The summed E-state index contributed by atoms with van der Waals surface area (Å²) in [6.45, 7) is 3.34. The van der Waals surface area contributed by atoms with Crippen molar-refractivity contribution >= 4 is 0 Å². The highest BCUT2D eigenvalue weighted by Gasteiger charge is 2.31. The molecular formula is C10H8F3O2. The fourth-order valence-electron chi connectivity index (χ4n) is 1.02. The Balaban J connectivity index is 2.98. The molecule has 0 bridgehead atoms. The molecule has 15 heavy (non-hydrogen) atoms. The molecule has 1 radical (unpaired) electrons. The number of rotatable bonds is 3. The molecule has 0 saturated heterocycles. The van der Waals surface area contributed by atoms with Crippen molar-refractivity contribution in [1.29, 1.82) is 0 Å². The summed E-state index contributed by atoms with van der Waals surface area (Å²) in [7, 11) is 1.40. The van der Waals surface area contributed by atoms with E-state index < -0.39 is 6.36 Å². The number of halogens is 3. The van der Waals surface area contributed by atoms with Crippen LogP contribution in [-0.2, 0) is 0 Å². The van der Waals surface area contributed by atoms with Gasteiger partial charge in [-0.25, -0.2) is 0 Å². The Morgan fingerprint density at radius 1 is 1.33 bits per heavy atom. The molecule has 1 aromatic rings. The Hall–Kier alpha value is -1.65. The Labute approximate surface area is 84.9 Å². The zero-order valence-electron chi connectivity index (χ0n) is 7.89. The van der Waals surface area contributed by atoms with Crippen molar-refractivity contribution in [2.24, 2.45) is 0 Å². The highest BCUT2D eigenvalue weighted by molar-refractivity contribution is 5.43. The maximum absolute atomic E-state index is 11.9. The van der Waals surface area contributed by atoms with Crippen LogP contribution in [-0.4, -0.2) is 13.5 Å². The molecule has 0 heterocycles. The first-order valence-electron chi connectivity index (χ1n) is 3.93. The van der Waals surface area contributed by atoms with Crippen LogP contribution in [0.15, 0.2) is 24.8 Å². The zero-order valence-corrected chi connectivity index (χ0v) is 7.89. The molecule has 0 unspecified atom stereocenters. The molecule has 0 aliphatic heterocycles. The van der Waals surface area contributed by atoms with Gasteiger partial charge in [0.15, 0.2) is 0 Å². The van der Waals surface area contributed by atoms with E-state index in [1.807, 2.05) is 0 Å². The Morgan fingerprint density at radius 2 is 2.00 bits per heavy atom. The van der Waals surface area contributed by atoms with E-state index >= 15 is 0 Å². The number of hydrogen-bond acceptors (Lipinski definition) is 2. The fourth-order valence-corrected chi connectivity index (χ4v) is 1.02. The molecule has 0 saturated carbocycles. The molecule has 0 atom stereocenters. The first-order chi connectivity index (χ1) is 6.96. The molecule has 2 nitrogen and oxygen atoms in total. The van der Waals surface area contributed by atoms with E-state index in [4.69, 9.17) is 4.74 Å². The van der Waals surface area contributed by atoms with Crippen molar-refractivity contribution < 1.29 is 22.6 Å². The van der Waals surface area contributed by atoms with Gasteiger partial charge in [0.25, 0.3) is 0 Å². The molecule has 0 aromatic heterocycles. The van der Waals surface area contributed by atoms with E-state index in [1.165, 1.54) is 13.2 Å². The monoisotopic (exact) mass is 217 g/mol. The Kier molecular flexibility index (Phi) is 3.24. The second-order valence-electron chi connectivity index (χ2n) is 2.59. The van der Waals surface area contributed by atoms with Crippen LogP contribution in [0.5, 0.6) is 11.5 Å². The fraction of sp³-hybridized carbons (Fsp3) is 0.200. The minimum absolute atomic E-state index is 0.319. The van der Waals surface area contributed by atoms with Gasteiger partial charge in [0, 0.05) is 5.56 Å². The van der Waals surface area contributed by atoms with Gasteiger partial charge in [-0.2, -0.15) is 0 Å². The summed E-state index contributed by atoms with van der Waals surface area (Å²) in [5.74, 6) is 0.0639. The van der Waals surface area contributed by atoms with E-state index in [2.05, 4.69) is 17.4 Å². The molecule has 0 fully saturated rings. The average Bonchev–Trinajstić information content (AvgIpc) is 2.15. The molecule has 0 N–H and O–H groups in total. The van der Waals surface area contributed by atoms with E-state index in [1.54, 1.807) is 0 Å². The largest absolute Gasteiger partial charge is 0.573 e. The third-order valence-electron chi connectivity index (χ3n) is 1.59. The van der Waals surface area contributed by atoms with Crippen LogP contribution in [0.2, 0.25) is 0 Å². The SMILES string of the molecule is C=[C]c1cc(OC(F)(F)F)ccc1OC. The van der Waals surface area contributed by atoms with Crippen molar-refractivity contribution in [3.63, 3.8) is 0 Å². The third-order valence-corrected chi connectivity index (χ3v) is 1.59. The highest BCUT2D eigenvalue weighted by atomic mass is 19.4. The maximum atomic E-state index is 11.9. The molecule has 0 spiro atoms. The van der Waals surface area contributed by atoms with Gasteiger partial charge in [-0.1, -0.05) is 6.58 Å². The molecule has 0 aliphatic carbocycles. The van der Waals surface area contributed by atoms with Crippen LogP contribution in [0.3, 0.4) is 0 Å². The van der Waals surface area contributed by atoms with Crippen LogP contribution in [0.4, 0.5) is 13.2 Å². The summed E-state index contributed by atoms with van der Waals surface area (Å²) >= 11 is 0. The topological polar surface area (TPSA) is 18.5 Å². The van der Waals surface area contributed by atoms with Gasteiger partial charge < -0.3 is 9.47 Å². The van der Waals surface area contributed by atoms with Crippen molar-refractivity contribution in [2.75, 3.05) is 7.11 Å². The quantitative estimate of drug-likeness (QED) is 0.774. The number of ether oxygens (including phenoxy) is 2. The van der Waals surface area contributed by atoms with Gasteiger partial charge in [0.05, 0.1) is 7.11 Å². The number of hydrogen-bond donors (Lipinski definition) is 0. The lowest BCUT2D eigenvalue weighted by atomic mass is 10.2. The summed E-state index contributed by atoms with van der Waals surface area (Å²) in [6.07, 6.45) is -2.25. The Bertz CT molecular complexity index is 358. The predicted octanol–water partition coefficient (Wildman–Crippen LogP) is 2.93. The number of methoxy groups -OCH3 is 1. The molecule has 0 amide bonds. The zero-order chi connectivity index (χ0) is 11.5. The van der Waals surface area contributed by atoms with Gasteiger partial charge in [-0.15, -0.1) is 13.2 Å². The van der Waals surface area contributed by atoms with Gasteiger partial charge in [0.2, 0.25) is 0 Å². The van der Waals surface area contributed by atoms with Crippen LogP contribution < -0.4 is 9.47 Å². The highest BCUT2D eigenvalue weighted by Crippen LogP contribution is 2.28. The van der Waals surface area contributed by atoms with E-state index in [0.29, 0.717) is 11.3 Å². The van der Waals surface area contributed by atoms with E-state index in [0.717, 1.165) is 12.1 Å². The van der Waals surface area contributed by atoms with Crippen molar-refractivity contribution in [3.8, 4) is 11.5 Å². The lowest BCUT2D eigenvalue weighted by molar-refractivity contribution is -0.274. The number of benzene rings is 1. The van der Waals surface area contributed by atoms with Crippen molar-refractivity contribution in [3.05, 3.63) is 36.4 Å². The molecule has 1 aromatic carbocycles. The molecule has 0 aliphatic rings. The second kappa shape index (κ2) is 4.25. The molecule has 81 valence electrons. The summed E-state index contributed by atoms with van der Waals surface area (Å²) in [5, 5.41) is 0. The average molecular weight is 217 g/mol. The maximum Gasteiger partial charge on any atom is 0.573 e. The van der Waals surface area contributed by atoms with Crippen LogP contribution in [0, 0.1) is 6.08 Å². The third kappa shape index (κ3) is 3.19. The minimum Gasteiger partial charge on any atom is -0.496 e. The van der Waals surface area contributed by atoms with E-state index in [9.17, 15) is 13.2 Å². The van der Waals surface area contributed by atoms with Crippen LogP contribution in [0.1, 0.15) is 5.56 Å². The second-order valence-corrected chi connectivity index (χ2v) is 2.59. The standard InChI is InChI=1S/C10H8F3O2/c1-3-7-6-8(15-10(11,12)13)4-5-9(7)14-2/h4-6H,1H2,2H3. The minimum atomic E-state index is -4.70. The first-order valence-corrected chi connectivity index (χ1v) is 3.93. The van der Waals surface area contributed by atoms with E-state index in [-0.39, 0.29) is 5.75 Å². The van der Waals surface area contributed by atoms with Crippen molar-refractivity contribution in [1.82, 2.24) is 0 Å². The lowest BCUT2D eigenvalue weighted by Gasteiger charge is -2.10. The van der Waals surface area contributed by atoms with Crippen molar-refractivity contribution in [2.45, 2.75) is 6.36 Å². The predicted molar refractivity (Wildman–Crippen MR) is 47.6 cm³/mol. The smallest absolute Gasteiger partial charge is 0.496 e. The van der Waals surface area contributed by atoms with Gasteiger partial charge in [0.1, 0.15) is 11.5 Å². The molecule has 1 rings (SSSR count). The normalized spacial score (nSPS) is 10.9. The summed E-state index contributed by atoms with van der Waals surface area (Å²) in [5.41, 5.74) is 0.319. The van der Waals surface area contributed by atoms with Crippen LogP contribution >= 0.6 is 0 Å². The number of alkyl halides is 3.